The molecule has 0 nitrogen and oxygen atoms in total. The molecule has 0 saturated heterocycles. The first-order chi connectivity index (χ1) is 7.99. The lowest BCUT2D eigenvalue weighted by Crippen LogP contribution is -1.91. The average molecular weight is 480 g/mol. The Balaban J connectivity index is 2.39. The number of hydrogen-bond donors (Lipinski definition) is 0. The van der Waals surface area contributed by atoms with Gasteiger partial charge in [-0.2, -0.15) is 0 Å². The minimum Gasteiger partial charge on any atom is -0.130 e. The number of hydrogen-bond acceptors (Lipinski definition) is 1. The SMILES string of the molecule is Clc1ccc(C(Cl)c2cc(Br)c(Br)s2)c(Br)c1. The molecular formula is C11H5Br3Cl2S. The van der Waals surface area contributed by atoms with Crippen molar-refractivity contribution in [3.63, 3.8) is 0 Å². The van der Waals surface area contributed by atoms with E-state index in [4.69, 9.17) is 23.2 Å². The second-order valence-electron chi connectivity index (χ2n) is 3.30. The molecule has 1 atom stereocenters. The Labute approximate surface area is 139 Å². The molecule has 0 bridgehead atoms. The van der Waals surface area contributed by atoms with Gasteiger partial charge in [-0.25, -0.2) is 0 Å². The van der Waals surface area contributed by atoms with Crippen LogP contribution in [0.2, 0.25) is 5.02 Å². The van der Waals surface area contributed by atoms with Crippen LogP contribution in [0.4, 0.5) is 0 Å². The van der Waals surface area contributed by atoms with Crippen LogP contribution in [0.25, 0.3) is 0 Å². The van der Waals surface area contributed by atoms with E-state index in [-0.39, 0.29) is 5.38 Å². The van der Waals surface area contributed by atoms with Crippen LogP contribution in [0.1, 0.15) is 15.8 Å². The second-order valence-corrected chi connectivity index (χ2v) is 8.28. The van der Waals surface area contributed by atoms with Gasteiger partial charge in [-0.3, -0.25) is 0 Å². The van der Waals surface area contributed by atoms with E-state index in [1.807, 2.05) is 24.3 Å². The van der Waals surface area contributed by atoms with Gasteiger partial charge in [0.15, 0.2) is 0 Å². The van der Waals surface area contributed by atoms with Crippen LogP contribution in [0.3, 0.4) is 0 Å². The lowest BCUT2D eigenvalue weighted by molar-refractivity contribution is 1.17. The molecule has 0 fully saturated rings. The highest BCUT2D eigenvalue weighted by Gasteiger charge is 2.17. The predicted octanol–water partition coefficient (Wildman–Crippen LogP) is 7.02. The highest BCUT2D eigenvalue weighted by molar-refractivity contribution is 9.13. The molecule has 2 aromatic rings. The van der Waals surface area contributed by atoms with E-state index in [9.17, 15) is 0 Å². The minimum absolute atomic E-state index is 0.186. The molecule has 0 aliphatic rings. The zero-order chi connectivity index (χ0) is 12.6. The monoisotopic (exact) mass is 476 g/mol. The summed E-state index contributed by atoms with van der Waals surface area (Å²) in [7, 11) is 0. The van der Waals surface area contributed by atoms with Crippen molar-refractivity contribution >= 4 is 82.3 Å². The van der Waals surface area contributed by atoms with Crippen molar-refractivity contribution in [2.45, 2.75) is 5.38 Å². The maximum atomic E-state index is 6.47. The van der Waals surface area contributed by atoms with Crippen LogP contribution in [-0.2, 0) is 0 Å². The molecule has 0 N–H and O–H groups in total. The first-order valence-electron chi connectivity index (χ1n) is 4.53. The van der Waals surface area contributed by atoms with Gasteiger partial charge in [0, 0.05) is 18.8 Å². The summed E-state index contributed by atoms with van der Waals surface area (Å²) < 4.78 is 2.99. The normalized spacial score (nSPS) is 12.8. The summed E-state index contributed by atoms with van der Waals surface area (Å²) in [6.07, 6.45) is 0. The summed E-state index contributed by atoms with van der Waals surface area (Å²) in [6.45, 7) is 0. The number of rotatable bonds is 2. The predicted molar refractivity (Wildman–Crippen MR) is 86.6 cm³/mol. The van der Waals surface area contributed by atoms with Crippen LogP contribution >= 0.6 is 82.3 Å². The average Bonchev–Trinajstić information content (AvgIpc) is 2.58. The fourth-order valence-corrected chi connectivity index (χ4v) is 4.87. The van der Waals surface area contributed by atoms with Crippen molar-refractivity contribution in [1.29, 1.82) is 0 Å². The van der Waals surface area contributed by atoms with Crippen LogP contribution in [0, 0.1) is 0 Å². The number of thiophene rings is 1. The Morgan fingerprint density at radius 1 is 1.06 bits per heavy atom. The Kier molecular flexibility index (Phi) is 5.01. The van der Waals surface area contributed by atoms with Crippen LogP contribution in [-0.4, -0.2) is 0 Å². The van der Waals surface area contributed by atoms with E-state index < -0.39 is 0 Å². The molecular weight excluding hydrogens is 475 g/mol. The van der Waals surface area contributed by atoms with E-state index in [1.165, 1.54) is 0 Å². The van der Waals surface area contributed by atoms with Crippen molar-refractivity contribution in [3.05, 3.63) is 52.5 Å². The number of benzene rings is 1. The fraction of sp³-hybridized carbons (Fsp3) is 0.0909. The van der Waals surface area contributed by atoms with E-state index in [2.05, 4.69) is 47.8 Å². The molecule has 0 spiro atoms. The smallest absolute Gasteiger partial charge is 0.0939 e. The molecule has 1 aromatic carbocycles. The summed E-state index contributed by atoms with van der Waals surface area (Å²) in [4.78, 5) is 1.08. The molecule has 0 aliphatic carbocycles. The van der Waals surface area contributed by atoms with Crippen molar-refractivity contribution in [2.24, 2.45) is 0 Å². The standard InChI is InChI=1S/C11H5Br3Cl2S/c12-7-3-5(15)1-2-6(7)10(16)9-4-8(13)11(14)17-9/h1-4,10H. The first-order valence-corrected chi connectivity index (χ1v) is 8.54. The van der Waals surface area contributed by atoms with Gasteiger partial charge in [0.05, 0.1) is 9.16 Å². The van der Waals surface area contributed by atoms with E-state index >= 15 is 0 Å². The maximum absolute atomic E-state index is 6.47. The molecule has 6 heteroatoms. The molecule has 0 aliphatic heterocycles. The largest absolute Gasteiger partial charge is 0.130 e. The fourth-order valence-electron chi connectivity index (χ4n) is 1.35. The molecule has 0 saturated carbocycles. The van der Waals surface area contributed by atoms with Gasteiger partial charge in [-0.1, -0.05) is 33.6 Å². The van der Waals surface area contributed by atoms with E-state index in [1.54, 1.807) is 11.3 Å². The van der Waals surface area contributed by atoms with Gasteiger partial charge in [0.25, 0.3) is 0 Å². The lowest BCUT2D eigenvalue weighted by Gasteiger charge is -2.10. The molecule has 17 heavy (non-hydrogen) atoms. The van der Waals surface area contributed by atoms with Gasteiger partial charge in [-0.05, 0) is 55.6 Å². The summed E-state index contributed by atoms with van der Waals surface area (Å²) >= 11 is 24.4. The Morgan fingerprint density at radius 3 is 2.29 bits per heavy atom. The Morgan fingerprint density at radius 2 is 1.76 bits per heavy atom. The topological polar surface area (TPSA) is 0 Å². The Bertz CT molecular complexity index is 534. The summed E-state index contributed by atoms with van der Waals surface area (Å²) in [5.41, 5.74) is 1.01. The van der Waals surface area contributed by atoms with Crippen LogP contribution in [0.5, 0.6) is 0 Å². The zero-order valence-corrected chi connectivity index (χ0v) is 15.3. The van der Waals surface area contributed by atoms with Crippen molar-refractivity contribution < 1.29 is 0 Å². The zero-order valence-electron chi connectivity index (χ0n) is 8.18. The highest BCUT2D eigenvalue weighted by Crippen LogP contribution is 2.42. The summed E-state index contributed by atoms with van der Waals surface area (Å²) in [5.74, 6) is 0. The van der Waals surface area contributed by atoms with Gasteiger partial charge in [0.1, 0.15) is 0 Å². The van der Waals surface area contributed by atoms with Gasteiger partial charge in [0.2, 0.25) is 0 Å². The quantitative estimate of drug-likeness (QED) is 0.406. The third kappa shape index (κ3) is 3.28. The molecule has 0 amide bonds. The molecule has 1 unspecified atom stereocenters. The molecule has 2 rings (SSSR count). The summed E-state index contributed by atoms with van der Waals surface area (Å²) in [6, 6.07) is 7.65. The van der Waals surface area contributed by atoms with E-state index in [0.717, 1.165) is 23.2 Å². The van der Waals surface area contributed by atoms with Crippen molar-refractivity contribution in [2.75, 3.05) is 0 Å². The third-order valence-electron chi connectivity index (χ3n) is 2.15. The van der Waals surface area contributed by atoms with Gasteiger partial charge >= 0.3 is 0 Å². The van der Waals surface area contributed by atoms with Crippen molar-refractivity contribution in [3.8, 4) is 0 Å². The van der Waals surface area contributed by atoms with E-state index in [0.29, 0.717) is 5.02 Å². The molecule has 0 radical (unpaired) electrons. The van der Waals surface area contributed by atoms with Crippen molar-refractivity contribution in [1.82, 2.24) is 0 Å². The highest BCUT2D eigenvalue weighted by atomic mass is 79.9. The van der Waals surface area contributed by atoms with Gasteiger partial charge < -0.3 is 0 Å². The maximum Gasteiger partial charge on any atom is 0.0939 e. The van der Waals surface area contributed by atoms with Crippen LogP contribution < -0.4 is 0 Å². The summed E-state index contributed by atoms with van der Waals surface area (Å²) in [5, 5.41) is 0.507. The lowest BCUT2D eigenvalue weighted by atomic mass is 10.1. The first kappa shape index (κ1) is 14.4. The van der Waals surface area contributed by atoms with Crippen LogP contribution in [0.15, 0.2) is 37.0 Å². The third-order valence-corrected chi connectivity index (χ3v) is 6.99. The number of halogens is 5. The molecule has 90 valence electrons. The van der Waals surface area contributed by atoms with Gasteiger partial charge in [-0.15, -0.1) is 22.9 Å². The second kappa shape index (κ2) is 5.93. The molecule has 1 aromatic heterocycles. The minimum atomic E-state index is -0.186. The Hall–Kier alpha value is 0.940. The molecule has 1 heterocycles. The number of alkyl halides is 1.